The van der Waals surface area contributed by atoms with E-state index in [-0.39, 0.29) is 0 Å². The molecule has 0 saturated heterocycles. The number of rotatable bonds is 3. The van der Waals surface area contributed by atoms with E-state index < -0.39 is 0 Å². The maximum Gasteiger partial charge on any atom is 0.0571 e. The molecule has 0 unspecified atom stereocenters. The number of nitrogens with two attached hydrogens (primary N) is 1. The van der Waals surface area contributed by atoms with Crippen LogP contribution in [0, 0.1) is 6.92 Å². The molecule has 0 aliphatic heterocycles. The molecule has 0 fully saturated rings. The van der Waals surface area contributed by atoms with E-state index in [0.717, 1.165) is 22.3 Å². The standard InChI is InChI=1S/C12H14BrN3/c1-9-12(8-15-16(9)6-5-14)10-3-2-4-11(13)7-10/h2-4,7-8H,5-6,14H2,1H3. The molecule has 0 bridgehead atoms. The third-order valence-electron chi connectivity index (χ3n) is 2.58. The van der Waals surface area contributed by atoms with Gasteiger partial charge in [0.1, 0.15) is 0 Å². The van der Waals surface area contributed by atoms with Gasteiger partial charge in [0.25, 0.3) is 0 Å². The molecule has 0 spiro atoms. The molecule has 2 aromatic rings. The fourth-order valence-electron chi connectivity index (χ4n) is 1.73. The van der Waals surface area contributed by atoms with Crippen LogP contribution < -0.4 is 5.73 Å². The summed E-state index contributed by atoms with van der Waals surface area (Å²) in [6, 6.07) is 8.22. The van der Waals surface area contributed by atoms with Crippen LogP contribution in [0.4, 0.5) is 0 Å². The highest BCUT2D eigenvalue weighted by molar-refractivity contribution is 9.10. The number of hydrogen-bond acceptors (Lipinski definition) is 2. The van der Waals surface area contributed by atoms with Gasteiger partial charge >= 0.3 is 0 Å². The van der Waals surface area contributed by atoms with Crippen molar-refractivity contribution in [1.29, 1.82) is 0 Å². The van der Waals surface area contributed by atoms with Crippen LogP contribution in [0.2, 0.25) is 0 Å². The zero-order chi connectivity index (χ0) is 11.5. The average molecular weight is 280 g/mol. The van der Waals surface area contributed by atoms with Crippen molar-refractivity contribution in [3.8, 4) is 11.1 Å². The van der Waals surface area contributed by atoms with E-state index in [4.69, 9.17) is 5.73 Å². The maximum atomic E-state index is 5.53. The number of hydrogen-bond donors (Lipinski definition) is 1. The Balaban J connectivity index is 2.41. The minimum Gasteiger partial charge on any atom is -0.329 e. The third-order valence-corrected chi connectivity index (χ3v) is 3.07. The van der Waals surface area contributed by atoms with Gasteiger partial charge in [-0.15, -0.1) is 0 Å². The summed E-state index contributed by atoms with van der Waals surface area (Å²) in [7, 11) is 0. The van der Waals surface area contributed by atoms with Crippen molar-refractivity contribution in [2.24, 2.45) is 5.73 Å². The number of nitrogens with zero attached hydrogens (tertiary/aromatic N) is 2. The summed E-state index contributed by atoms with van der Waals surface area (Å²) in [4.78, 5) is 0. The summed E-state index contributed by atoms with van der Waals surface area (Å²) in [6.07, 6.45) is 1.90. The van der Waals surface area contributed by atoms with Crippen LogP contribution in [0.3, 0.4) is 0 Å². The van der Waals surface area contributed by atoms with Crippen molar-refractivity contribution in [3.63, 3.8) is 0 Å². The SMILES string of the molecule is Cc1c(-c2cccc(Br)c2)cnn1CCN. The minimum atomic E-state index is 0.612. The summed E-state index contributed by atoms with van der Waals surface area (Å²) in [5.74, 6) is 0. The highest BCUT2D eigenvalue weighted by Gasteiger charge is 2.07. The molecule has 0 aliphatic carbocycles. The van der Waals surface area contributed by atoms with Gasteiger partial charge in [0.15, 0.2) is 0 Å². The Morgan fingerprint density at radius 3 is 2.94 bits per heavy atom. The van der Waals surface area contributed by atoms with Gasteiger partial charge in [0.2, 0.25) is 0 Å². The predicted octanol–water partition coefficient (Wildman–Crippen LogP) is 2.58. The lowest BCUT2D eigenvalue weighted by Crippen LogP contribution is -2.12. The zero-order valence-corrected chi connectivity index (χ0v) is 10.7. The molecule has 2 N–H and O–H groups in total. The molecule has 1 heterocycles. The van der Waals surface area contributed by atoms with Gasteiger partial charge in [-0.25, -0.2) is 0 Å². The Labute approximate surface area is 103 Å². The molecule has 1 aromatic carbocycles. The molecule has 0 atom stereocenters. The monoisotopic (exact) mass is 279 g/mol. The van der Waals surface area contributed by atoms with Crippen molar-refractivity contribution in [1.82, 2.24) is 9.78 Å². The van der Waals surface area contributed by atoms with Crippen molar-refractivity contribution in [3.05, 3.63) is 40.6 Å². The predicted molar refractivity (Wildman–Crippen MR) is 69.2 cm³/mol. The van der Waals surface area contributed by atoms with Crippen LogP contribution in [-0.4, -0.2) is 16.3 Å². The molecule has 16 heavy (non-hydrogen) atoms. The molecule has 0 amide bonds. The van der Waals surface area contributed by atoms with Crippen molar-refractivity contribution < 1.29 is 0 Å². The van der Waals surface area contributed by atoms with Crippen molar-refractivity contribution >= 4 is 15.9 Å². The topological polar surface area (TPSA) is 43.8 Å². The molecule has 0 radical (unpaired) electrons. The first-order valence-corrected chi connectivity index (χ1v) is 6.00. The molecule has 0 saturated carbocycles. The molecule has 4 heteroatoms. The summed E-state index contributed by atoms with van der Waals surface area (Å²) < 4.78 is 3.02. The fourth-order valence-corrected chi connectivity index (χ4v) is 2.13. The molecule has 84 valence electrons. The third kappa shape index (κ3) is 2.18. The van der Waals surface area contributed by atoms with E-state index in [0.29, 0.717) is 6.54 Å². The first-order valence-electron chi connectivity index (χ1n) is 5.21. The zero-order valence-electron chi connectivity index (χ0n) is 9.15. The summed E-state index contributed by atoms with van der Waals surface area (Å²) in [5, 5.41) is 4.33. The second-order valence-corrected chi connectivity index (χ2v) is 4.58. The average Bonchev–Trinajstić information content (AvgIpc) is 2.61. The fraction of sp³-hybridized carbons (Fsp3) is 0.250. The van der Waals surface area contributed by atoms with E-state index in [2.05, 4.69) is 40.1 Å². The maximum absolute atomic E-state index is 5.53. The Morgan fingerprint density at radius 2 is 2.25 bits per heavy atom. The van der Waals surface area contributed by atoms with Gasteiger partial charge in [-0.3, -0.25) is 4.68 Å². The Bertz CT molecular complexity index is 491. The lowest BCUT2D eigenvalue weighted by atomic mass is 10.1. The van der Waals surface area contributed by atoms with Gasteiger partial charge in [0.05, 0.1) is 12.7 Å². The summed E-state index contributed by atoms with van der Waals surface area (Å²) in [6.45, 7) is 3.44. The molecule has 1 aromatic heterocycles. The van der Waals surface area contributed by atoms with Crippen LogP contribution >= 0.6 is 15.9 Å². The van der Waals surface area contributed by atoms with Crippen LogP contribution in [0.1, 0.15) is 5.69 Å². The van der Waals surface area contributed by atoms with Gasteiger partial charge in [-0.05, 0) is 24.6 Å². The number of benzene rings is 1. The first kappa shape index (κ1) is 11.4. The van der Waals surface area contributed by atoms with Crippen LogP contribution in [-0.2, 0) is 6.54 Å². The molecule has 0 aliphatic rings. The van der Waals surface area contributed by atoms with Gasteiger partial charge in [-0.2, -0.15) is 5.10 Å². The molecule has 2 rings (SSSR count). The second kappa shape index (κ2) is 4.80. The van der Waals surface area contributed by atoms with Gasteiger partial charge in [0, 0.05) is 22.3 Å². The molecular formula is C12H14BrN3. The van der Waals surface area contributed by atoms with Crippen LogP contribution in [0.5, 0.6) is 0 Å². The second-order valence-electron chi connectivity index (χ2n) is 3.67. The Morgan fingerprint density at radius 1 is 1.44 bits per heavy atom. The van der Waals surface area contributed by atoms with Crippen molar-refractivity contribution in [2.45, 2.75) is 13.5 Å². The van der Waals surface area contributed by atoms with Gasteiger partial charge < -0.3 is 5.73 Å². The van der Waals surface area contributed by atoms with E-state index in [1.807, 2.05) is 23.0 Å². The normalized spacial score (nSPS) is 10.7. The van der Waals surface area contributed by atoms with E-state index >= 15 is 0 Å². The van der Waals surface area contributed by atoms with Crippen molar-refractivity contribution in [2.75, 3.05) is 6.54 Å². The summed E-state index contributed by atoms with van der Waals surface area (Å²) >= 11 is 3.47. The lowest BCUT2D eigenvalue weighted by molar-refractivity contribution is 0.608. The van der Waals surface area contributed by atoms with E-state index in [1.165, 1.54) is 5.56 Å². The Hall–Kier alpha value is -1.13. The Kier molecular flexibility index (Phi) is 3.41. The quantitative estimate of drug-likeness (QED) is 0.939. The molecule has 3 nitrogen and oxygen atoms in total. The first-order chi connectivity index (χ1) is 7.72. The summed E-state index contributed by atoms with van der Waals surface area (Å²) in [5.41, 5.74) is 9.03. The lowest BCUT2D eigenvalue weighted by Gasteiger charge is -2.04. The number of aromatic nitrogens is 2. The van der Waals surface area contributed by atoms with E-state index in [9.17, 15) is 0 Å². The van der Waals surface area contributed by atoms with Crippen LogP contribution in [0.25, 0.3) is 11.1 Å². The van der Waals surface area contributed by atoms with Gasteiger partial charge in [-0.1, -0.05) is 28.1 Å². The van der Waals surface area contributed by atoms with E-state index in [1.54, 1.807) is 0 Å². The molecular weight excluding hydrogens is 266 g/mol. The number of halogens is 1. The minimum absolute atomic E-state index is 0.612. The highest BCUT2D eigenvalue weighted by atomic mass is 79.9. The smallest absolute Gasteiger partial charge is 0.0571 e. The highest BCUT2D eigenvalue weighted by Crippen LogP contribution is 2.25. The van der Waals surface area contributed by atoms with Crippen LogP contribution in [0.15, 0.2) is 34.9 Å². The largest absolute Gasteiger partial charge is 0.329 e.